The van der Waals surface area contributed by atoms with E-state index in [9.17, 15) is 4.79 Å². The van der Waals surface area contributed by atoms with Crippen molar-refractivity contribution >= 4 is 21.8 Å². The minimum absolute atomic E-state index is 0.00671. The molecule has 0 aliphatic heterocycles. The summed E-state index contributed by atoms with van der Waals surface area (Å²) >= 11 is 3.41. The third kappa shape index (κ3) is 3.50. The van der Waals surface area contributed by atoms with Gasteiger partial charge in [-0.15, -0.1) is 0 Å². The maximum absolute atomic E-state index is 12.3. The molecule has 104 valence electrons. The first kappa shape index (κ1) is 14.4. The lowest BCUT2D eigenvalue weighted by Gasteiger charge is -2.34. The molecular formula is C15H20BrNO2. The highest BCUT2D eigenvalue weighted by Crippen LogP contribution is 2.29. The van der Waals surface area contributed by atoms with E-state index in [0.29, 0.717) is 5.56 Å². The van der Waals surface area contributed by atoms with Crippen LogP contribution in [0.2, 0.25) is 0 Å². The highest BCUT2D eigenvalue weighted by molar-refractivity contribution is 9.10. The molecule has 1 aliphatic rings. The number of ether oxygens (including phenoxy) is 1. The number of hydrogen-bond acceptors (Lipinski definition) is 2. The molecule has 1 fully saturated rings. The smallest absolute Gasteiger partial charge is 0.251 e. The summed E-state index contributed by atoms with van der Waals surface area (Å²) in [6, 6.07) is 5.41. The molecule has 0 heterocycles. The minimum Gasteiger partial charge on any atom is -0.496 e. The van der Waals surface area contributed by atoms with Gasteiger partial charge in [0, 0.05) is 11.1 Å². The molecule has 1 N–H and O–H groups in total. The van der Waals surface area contributed by atoms with E-state index < -0.39 is 0 Å². The summed E-state index contributed by atoms with van der Waals surface area (Å²) in [6.07, 6.45) is 5.80. The van der Waals surface area contributed by atoms with Crippen molar-refractivity contribution in [3.8, 4) is 5.75 Å². The zero-order valence-corrected chi connectivity index (χ0v) is 13.0. The van der Waals surface area contributed by atoms with Gasteiger partial charge >= 0.3 is 0 Å². The maximum atomic E-state index is 12.3. The molecular weight excluding hydrogens is 306 g/mol. The van der Waals surface area contributed by atoms with E-state index in [1.54, 1.807) is 19.2 Å². The quantitative estimate of drug-likeness (QED) is 0.914. The van der Waals surface area contributed by atoms with E-state index in [2.05, 4.69) is 28.2 Å². The molecule has 1 saturated carbocycles. The number of hydrogen-bond donors (Lipinski definition) is 1. The standard InChI is InChI=1S/C15H20BrNO2/c1-15(8-4-3-5-9-15)17-14(18)11-6-7-13(19-2)12(16)10-11/h6-7,10H,3-5,8-9H2,1-2H3,(H,17,18). The van der Waals surface area contributed by atoms with E-state index in [1.807, 2.05) is 6.07 Å². The van der Waals surface area contributed by atoms with Crippen LogP contribution in [0.1, 0.15) is 49.4 Å². The van der Waals surface area contributed by atoms with Gasteiger partial charge in [0.1, 0.15) is 5.75 Å². The average molecular weight is 326 g/mol. The molecule has 19 heavy (non-hydrogen) atoms. The van der Waals surface area contributed by atoms with Crippen molar-refractivity contribution in [2.75, 3.05) is 7.11 Å². The number of benzene rings is 1. The average Bonchev–Trinajstić information content (AvgIpc) is 2.39. The molecule has 0 bridgehead atoms. The first-order valence-corrected chi connectivity index (χ1v) is 7.49. The first-order valence-electron chi connectivity index (χ1n) is 6.70. The molecule has 1 amide bonds. The highest BCUT2D eigenvalue weighted by Gasteiger charge is 2.28. The number of amides is 1. The van der Waals surface area contributed by atoms with Gasteiger partial charge in [0.25, 0.3) is 5.91 Å². The number of rotatable bonds is 3. The van der Waals surface area contributed by atoms with Gasteiger partial charge in [-0.2, -0.15) is 0 Å². The largest absolute Gasteiger partial charge is 0.496 e. The van der Waals surface area contributed by atoms with Gasteiger partial charge in [-0.1, -0.05) is 19.3 Å². The summed E-state index contributed by atoms with van der Waals surface area (Å²) < 4.78 is 5.97. The van der Waals surface area contributed by atoms with Crippen molar-refractivity contribution in [2.24, 2.45) is 0 Å². The SMILES string of the molecule is COc1ccc(C(=O)NC2(C)CCCCC2)cc1Br. The van der Waals surface area contributed by atoms with Crippen LogP contribution in [0, 0.1) is 0 Å². The number of carbonyl (C=O) groups is 1. The Balaban J connectivity index is 2.09. The summed E-state index contributed by atoms with van der Waals surface area (Å²) in [5.41, 5.74) is 0.612. The Morgan fingerprint density at radius 2 is 2.00 bits per heavy atom. The van der Waals surface area contributed by atoms with E-state index in [-0.39, 0.29) is 11.4 Å². The number of carbonyl (C=O) groups excluding carboxylic acids is 1. The van der Waals surface area contributed by atoms with Gasteiger partial charge in [-0.3, -0.25) is 4.79 Å². The number of nitrogens with one attached hydrogen (secondary N) is 1. The number of methoxy groups -OCH3 is 1. The molecule has 4 heteroatoms. The van der Waals surface area contributed by atoms with Crippen LogP contribution in [0.5, 0.6) is 5.75 Å². The lowest BCUT2D eigenvalue weighted by molar-refractivity contribution is 0.0882. The molecule has 2 rings (SSSR count). The molecule has 0 spiro atoms. The zero-order valence-electron chi connectivity index (χ0n) is 11.5. The molecule has 1 aromatic carbocycles. The summed E-state index contributed by atoms with van der Waals surface area (Å²) in [4.78, 5) is 12.3. The second-order valence-electron chi connectivity index (χ2n) is 5.42. The van der Waals surface area contributed by atoms with Crippen molar-refractivity contribution in [1.29, 1.82) is 0 Å². The summed E-state index contributed by atoms with van der Waals surface area (Å²) in [5, 5.41) is 3.18. The molecule has 0 unspecified atom stereocenters. The Morgan fingerprint density at radius 3 is 2.58 bits per heavy atom. The van der Waals surface area contributed by atoms with Gasteiger partial charge in [0.15, 0.2) is 0 Å². The fourth-order valence-electron chi connectivity index (χ4n) is 2.61. The van der Waals surface area contributed by atoms with Crippen LogP contribution >= 0.6 is 15.9 Å². The highest BCUT2D eigenvalue weighted by atomic mass is 79.9. The van der Waals surface area contributed by atoms with Crippen LogP contribution in [0.4, 0.5) is 0 Å². The van der Waals surface area contributed by atoms with E-state index >= 15 is 0 Å². The van der Waals surface area contributed by atoms with Crippen LogP contribution in [0.3, 0.4) is 0 Å². The Morgan fingerprint density at radius 1 is 1.32 bits per heavy atom. The Kier molecular flexibility index (Phi) is 4.50. The molecule has 0 saturated heterocycles. The fraction of sp³-hybridized carbons (Fsp3) is 0.533. The van der Waals surface area contributed by atoms with Crippen molar-refractivity contribution in [2.45, 2.75) is 44.6 Å². The van der Waals surface area contributed by atoms with Gasteiger partial charge in [-0.25, -0.2) is 0 Å². The van der Waals surface area contributed by atoms with Gasteiger partial charge < -0.3 is 10.1 Å². The fourth-order valence-corrected chi connectivity index (χ4v) is 3.15. The van der Waals surface area contributed by atoms with Crippen molar-refractivity contribution in [3.05, 3.63) is 28.2 Å². The molecule has 0 aromatic heterocycles. The minimum atomic E-state index is -0.0538. The van der Waals surface area contributed by atoms with E-state index in [0.717, 1.165) is 23.1 Å². The van der Waals surface area contributed by atoms with Crippen LogP contribution in [0.25, 0.3) is 0 Å². The number of halogens is 1. The zero-order chi connectivity index (χ0) is 13.9. The van der Waals surface area contributed by atoms with Crippen LogP contribution < -0.4 is 10.1 Å². The Bertz CT molecular complexity index is 467. The Labute approximate surface area is 122 Å². The summed E-state index contributed by atoms with van der Waals surface area (Å²) in [7, 11) is 1.61. The molecule has 1 aromatic rings. The normalized spacial score (nSPS) is 17.8. The molecule has 1 aliphatic carbocycles. The van der Waals surface area contributed by atoms with Gasteiger partial charge in [-0.05, 0) is 53.9 Å². The second-order valence-corrected chi connectivity index (χ2v) is 6.28. The monoisotopic (exact) mass is 325 g/mol. The lowest BCUT2D eigenvalue weighted by Crippen LogP contribution is -2.47. The van der Waals surface area contributed by atoms with E-state index in [1.165, 1.54) is 19.3 Å². The predicted octanol–water partition coefficient (Wildman–Crippen LogP) is 3.91. The van der Waals surface area contributed by atoms with Crippen LogP contribution in [0.15, 0.2) is 22.7 Å². The third-order valence-corrected chi connectivity index (χ3v) is 4.41. The molecule has 0 atom stereocenters. The maximum Gasteiger partial charge on any atom is 0.251 e. The third-order valence-electron chi connectivity index (χ3n) is 3.79. The van der Waals surface area contributed by atoms with Crippen molar-refractivity contribution in [1.82, 2.24) is 5.32 Å². The first-order chi connectivity index (χ1) is 9.04. The molecule has 3 nitrogen and oxygen atoms in total. The second kappa shape index (κ2) is 5.95. The van der Waals surface area contributed by atoms with Gasteiger partial charge in [0.05, 0.1) is 11.6 Å². The van der Waals surface area contributed by atoms with E-state index in [4.69, 9.17) is 4.74 Å². The van der Waals surface area contributed by atoms with Crippen LogP contribution in [-0.4, -0.2) is 18.6 Å². The van der Waals surface area contributed by atoms with Gasteiger partial charge in [0.2, 0.25) is 0 Å². The summed E-state index contributed by atoms with van der Waals surface area (Å²) in [6.45, 7) is 2.14. The topological polar surface area (TPSA) is 38.3 Å². The Hall–Kier alpha value is -1.03. The lowest BCUT2D eigenvalue weighted by atomic mass is 9.83. The summed E-state index contributed by atoms with van der Waals surface area (Å²) in [5.74, 6) is 0.730. The van der Waals surface area contributed by atoms with Crippen LogP contribution in [-0.2, 0) is 0 Å². The predicted molar refractivity (Wildman–Crippen MR) is 79.7 cm³/mol. The van der Waals surface area contributed by atoms with Crippen molar-refractivity contribution in [3.63, 3.8) is 0 Å². The molecule has 0 radical (unpaired) electrons. The van der Waals surface area contributed by atoms with Crippen molar-refractivity contribution < 1.29 is 9.53 Å².